The lowest BCUT2D eigenvalue weighted by atomic mass is 10.2. The Hall–Kier alpha value is -1.20. The third-order valence-electron chi connectivity index (χ3n) is 2.62. The van der Waals surface area contributed by atoms with Crippen LogP contribution in [-0.2, 0) is 4.74 Å². The molecule has 1 aliphatic rings. The number of aromatic carboxylic acids is 1. The van der Waals surface area contributed by atoms with E-state index in [9.17, 15) is 4.79 Å². The first kappa shape index (κ1) is 13.2. The fourth-order valence-electron chi connectivity index (χ4n) is 1.50. The molecule has 4 nitrogen and oxygen atoms in total. The fourth-order valence-corrected chi connectivity index (χ4v) is 2.51. The Morgan fingerprint density at radius 2 is 2.11 bits per heavy atom. The van der Waals surface area contributed by atoms with Gasteiger partial charge in [0.25, 0.3) is 0 Å². The van der Waals surface area contributed by atoms with Gasteiger partial charge in [-0.15, -0.1) is 0 Å². The summed E-state index contributed by atoms with van der Waals surface area (Å²) in [6, 6.07) is 6.49. The number of ether oxygens (including phenoxy) is 2. The molecule has 5 heteroatoms. The van der Waals surface area contributed by atoms with E-state index in [-0.39, 0.29) is 5.56 Å². The smallest absolute Gasteiger partial charge is 0.335 e. The van der Waals surface area contributed by atoms with Crippen molar-refractivity contribution in [3.05, 3.63) is 29.8 Å². The average molecular weight is 268 g/mol. The van der Waals surface area contributed by atoms with Crippen molar-refractivity contribution in [2.75, 3.05) is 25.6 Å². The van der Waals surface area contributed by atoms with Crippen molar-refractivity contribution in [2.45, 2.75) is 11.7 Å². The monoisotopic (exact) mass is 268 g/mol. The Balaban J connectivity index is 1.61. The standard InChI is InChI=1S/C13H16O4S/c14-13(15)10-2-4-11(5-3-10)17-6-1-7-18-12-8-16-9-12/h2-5,12H,1,6-9H2,(H,14,15). The van der Waals surface area contributed by atoms with Gasteiger partial charge < -0.3 is 14.6 Å². The van der Waals surface area contributed by atoms with Crippen molar-refractivity contribution in [1.29, 1.82) is 0 Å². The molecule has 1 aromatic rings. The van der Waals surface area contributed by atoms with Crippen LogP contribution in [0.5, 0.6) is 5.75 Å². The number of thioether (sulfide) groups is 1. The number of benzene rings is 1. The van der Waals surface area contributed by atoms with Gasteiger partial charge in [0.15, 0.2) is 0 Å². The number of carboxylic acid groups (broad SMARTS) is 1. The highest BCUT2D eigenvalue weighted by Crippen LogP contribution is 2.19. The van der Waals surface area contributed by atoms with Gasteiger partial charge in [-0.25, -0.2) is 4.79 Å². The van der Waals surface area contributed by atoms with Gasteiger partial charge in [0.05, 0.1) is 30.6 Å². The molecule has 1 heterocycles. The van der Waals surface area contributed by atoms with Crippen LogP contribution in [0.4, 0.5) is 0 Å². The summed E-state index contributed by atoms with van der Waals surface area (Å²) in [6.07, 6.45) is 0.988. The lowest BCUT2D eigenvalue weighted by Gasteiger charge is -2.25. The van der Waals surface area contributed by atoms with E-state index in [1.54, 1.807) is 24.3 Å². The summed E-state index contributed by atoms with van der Waals surface area (Å²) in [5, 5.41) is 9.42. The van der Waals surface area contributed by atoms with Crippen LogP contribution in [0.1, 0.15) is 16.8 Å². The minimum Gasteiger partial charge on any atom is -0.494 e. The summed E-state index contributed by atoms with van der Waals surface area (Å²) in [5.41, 5.74) is 0.280. The van der Waals surface area contributed by atoms with Crippen molar-refractivity contribution in [3.63, 3.8) is 0 Å². The number of carbonyl (C=O) groups is 1. The molecule has 1 fully saturated rings. The molecule has 98 valence electrons. The largest absolute Gasteiger partial charge is 0.494 e. The van der Waals surface area contributed by atoms with E-state index in [4.69, 9.17) is 14.6 Å². The van der Waals surface area contributed by atoms with Crippen LogP contribution in [0, 0.1) is 0 Å². The van der Waals surface area contributed by atoms with E-state index in [1.807, 2.05) is 11.8 Å². The minimum absolute atomic E-state index is 0.280. The van der Waals surface area contributed by atoms with E-state index in [1.165, 1.54) is 0 Å². The van der Waals surface area contributed by atoms with E-state index < -0.39 is 5.97 Å². The molecule has 0 saturated carbocycles. The molecule has 1 aromatic carbocycles. The van der Waals surface area contributed by atoms with Crippen LogP contribution in [0.15, 0.2) is 24.3 Å². The molecule has 0 bridgehead atoms. The van der Waals surface area contributed by atoms with Crippen LogP contribution in [0.2, 0.25) is 0 Å². The molecule has 1 saturated heterocycles. The lowest BCUT2D eigenvalue weighted by Crippen LogP contribution is -2.30. The Morgan fingerprint density at radius 1 is 1.39 bits per heavy atom. The third kappa shape index (κ3) is 3.92. The van der Waals surface area contributed by atoms with E-state index >= 15 is 0 Å². The van der Waals surface area contributed by atoms with Gasteiger partial charge in [-0.2, -0.15) is 11.8 Å². The topological polar surface area (TPSA) is 55.8 Å². The van der Waals surface area contributed by atoms with Gasteiger partial charge in [0.2, 0.25) is 0 Å². The molecular weight excluding hydrogens is 252 g/mol. The molecule has 1 N–H and O–H groups in total. The molecule has 0 atom stereocenters. The summed E-state index contributed by atoms with van der Waals surface area (Å²) < 4.78 is 10.6. The Labute approximate surface area is 110 Å². The highest BCUT2D eigenvalue weighted by atomic mass is 32.2. The molecule has 0 unspecified atom stereocenters. The molecule has 1 aliphatic heterocycles. The summed E-state index contributed by atoms with van der Waals surface area (Å²) >= 11 is 1.92. The Bertz CT molecular complexity index is 386. The highest BCUT2D eigenvalue weighted by Gasteiger charge is 2.17. The summed E-state index contributed by atoms with van der Waals surface area (Å²) in [4.78, 5) is 10.7. The molecule has 18 heavy (non-hydrogen) atoms. The molecule has 2 rings (SSSR count). The molecular formula is C13H16O4S. The second kappa shape index (κ2) is 6.66. The third-order valence-corrected chi connectivity index (χ3v) is 3.89. The van der Waals surface area contributed by atoms with E-state index in [0.29, 0.717) is 11.9 Å². The van der Waals surface area contributed by atoms with Crippen LogP contribution in [0.25, 0.3) is 0 Å². The second-order valence-corrected chi connectivity index (χ2v) is 5.47. The van der Waals surface area contributed by atoms with Crippen molar-refractivity contribution < 1.29 is 19.4 Å². The number of hydrogen-bond acceptors (Lipinski definition) is 4. The van der Waals surface area contributed by atoms with Crippen molar-refractivity contribution in [3.8, 4) is 5.75 Å². The Morgan fingerprint density at radius 3 is 2.67 bits per heavy atom. The van der Waals surface area contributed by atoms with Crippen molar-refractivity contribution >= 4 is 17.7 Å². The molecule has 0 aromatic heterocycles. The zero-order valence-electron chi connectivity index (χ0n) is 10.0. The first-order chi connectivity index (χ1) is 8.75. The fraction of sp³-hybridized carbons (Fsp3) is 0.462. The van der Waals surface area contributed by atoms with Crippen LogP contribution >= 0.6 is 11.8 Å². The highest BCUT2D eigenvalue weighted by molar-refractivity contribution is 8.00. The van der Waals surface area contributed by atoms with E-state index in [0.717, 1.165) is 31.1 Å². The quantitative estimate of drug-likeness (QED) is 0.769. The predicted molar refractivity (Wildman–Crippen MR) is 70.6 cm³/mol. The van der Waals surface area contributed by atoms with Crippen molar-refractivity contribution in [1.82, 2.24) is 0 Å². The summed E-state index contributed by atoms with van der Waals surface area (Å²) in [7, 11) is 0. The molecule has 0 aliphatic carbocycles. The Kier molecular flexibility index (Phi) is 4.90. The zero-order valence-corrected chi connectivity index (χ0v) is 10.8. The molecule has 0 radical (unpaired) electrons. The van der Waals surface area contributed by atoms with Gasteiger partial charge >= 0.3 is 5.97 Å². The number of carboxylic acids is 1. The maximum Gasteiger partial charge on any atom is 0.335 e. The van der Waals surface area contributed by atoms with Crippen LogP contribution in [-0.4, -0.2) is 41.9 Å². The first-order valence-corrected chi connectivity index (χ1v) is 6.96. The predicted octanol–water partition coefficient (Wildman–Crippen LogP) is 2.29. The van der Waals surface area contributed by atoms with Gasteiger partial charge in [0, 0.05) is 0 Å². The number of rotatable bonds is 7. The van der Waals surface area contributed by atoms with Crippen LogP contribution < -0.4 is 4.74 Å². The molecule has 0 amide bonds. The van der Waals surface area contributed by atoms with Gasteiger partial charge in [-0.3, -0.25) is 0 Å². The van der Waals surface area contributed by atoms with Gasteiger partial charge in [-0.05, 0) is 36.4 Å². The van der Waals surface area contributed by atoms with Crippen LogP contribution in [0.3, 0.4) is 0 Å². The second-order valence-electron chi connectivity index (χ2n) is 4.06. The van der Waals surface area contributed by atoms with Gasteiger partial charge in [-0.1, -0.05) is 0 Å². The zero-order chi connectivity index (χ0) is 12.8. The maximum atomic E-state index is 10.7. The maximum absolute atomic E-state index is 10.7. The average Bonchev–Trinajstić information content (AvgIpc) is 2.32. The normalized spacial score (nSPS) is 15.1. The number of hydrogen-bond donors (Lipinski definition) is 1. The van der Waals surface area contributed by atoms with Crippen molar-refractivity contribution in [2.24, 2.45) is 0 Å². The van der Waals surface area contributed by atoms with Gasteiger partial charge in [0.1, 0.15) is 5.75 Å². The summed E-state index contributed by atoms with van der Waals surface area (Å²) in [6.45, 7) is 2.41. The SMILES string of the molecule is O=C(O)c1ccc(OCCCSC2COC2)cc1. The summed E-state index contributed by atoms with van der Waals surface area (Å²) in [5.74, 6) is 0.874. The minimum atomic E-state index is -0.916. The van der Waals surface area contributed by atoms with E-state index in [2.05, 4.69) is 0 Å². The lowest BCUT2D eigenvalue weighted by molar-refractivity contribution is 0.0455. The molecule has 0 spiro atoms. The first-order valence-electron chi connectivity index (χ1n) is 5.91.